The maximum atomic E-state index is 11.3. The van der Waals surface area contributed by atoms with Gasteiger partial charge in [-0.1, -0.05) is 18.1 Å². The largest absolute Gasteiger partial charge is 0.476 e. The van der Waals surface area contributed by atoms with Gasteiger partial charge < -0.3 is 10.4 Å². The molecule has 0 radical (unpaired) electrons. The molecule has 19 heavy (non-hydrogen) atoms. The lowest BCUT2D eigenvalue weighted by Crippen LogP contribution is -2.28. The highest BCUT2D eigenvalue weighted by Crippen LogP contribution is 2.34. The van der Waals surface area contributed by atoms with E-state index in [9.17, 15) is 9.90 Å². The molecule has 1 aliphatic carbocycles. The minimum Gasteiger partial charge on any atom is -0.476 e. The van der Waals surface area contributed by atoms with Gasteiger partial charge in [-0.3, -0.25) is 0 Å². The molecule has 1 saturated heterocycles. The van der Waals surface area contributed by atoms with Crippen LogP contribution < -0.4 is 5.32 Å². The van der Waals surface area contributed by atoms with E-state index < -0.39 is 5.97 Å². The summed E-state index contributed by atoms with van der Waals surface area (Å²) in [6.07, 6.45) is 5.65. The zero-order valence-corrected chi connectivity index (χ0v) is 11.0. The molecule has 0 amide bonds. The topological polar surface area (TPSA) is 80.0 Å². The van der Waals surface area contributed by atoms with Gasteiger partial charge in [-0.25, -0.2) is 9.48 Å². The van der Waals surface area contributed by atoms with Gasteiger partial charge in [0.2, 0.25) is 0 Å². The van der Waals surface area contributed by atoms with Crippen molar-refractivity contribution in [3.05, 3.63) is 11.4 Å². The summed E-state index contributed by atoms with van der Waals surface area (Å²) in [5, 5.41) is 20.5. The Morgan fingerprint density at radius 2 is 2.05 bits per heavy atom. The number of nitrogens with one attached hydrogen (secondary N) is 1. The molecule has 2 fully saturated rings. The molecule has 1 aromatic rings. The van der Waals surface area contributed by atoms with Crippen molar-refractivity contribution in [2.75, 3.05) is 13.1 Å². The lowest BCUT2D eigenvalue weighted by Gasteiger charge is -2.23. The van der Waals surface area contributed by atoms with Gasteiger partial charge in [0, 0.05) is 12.5 Å². The lowest BCUT2D eigenvalue weighted by molar-refractivity contribution is 0.0688. The van der Waals surface area contributed by atoms with Crippen LogP contribution >= 0.6 is 0 Å². The summed E-state index contributed by atoms with van der Waals surface area (Å²) in [5.74, 6) is 0.145. The first kappa shape index (κ1) is 12.6. The standard InChI is InChI=1S/C13H20N4O2/c18-13(19)11-12(10-3-6-14-7-4-10)17(16-15-11)8-5-9-1-2-9/h9-10,14H,1-8H2,(H,18,19). The highest BCUT2D eigenvalue weighted by Gasteiger charge is 2.28. The zero-order chi connectivity index (χ0) is 13.2. The Morgan fingerprint density at radius 1 is 1.32 bits per heavy atom. The second-order valence-electron chi connectivity index (χ2n) is 5.61. The van der Waals surface area contributed by atoms with E-state index >= 15 is 0 Å². The first-order valence-electron chi connectivity index (χ1n) is 7.13. The summed E-state index contributed by atoms with van der Waals surface area (Å²) in [4.78, 5) is 11.3. The van der Waals surface area contributed by atoms with Crippen molar-refractivity contribution >= 4 is 5.97 Å². The Bertz CT molecular complexity index is 461. The van der Waals surface area contributed by atoms with Crippen molar-refractivity contribution in [1.82, 2.24) is 20.3 Å². The molecular weight excluding hydrogens is 244 g/mol. The number of carbonyl (C=O) groups is 1. The van der Waals surface area contributed by atoms with E-state index in [-0.39, 0.29) is 11.6 Å². The monoisotopic (exact) mass is 264 g/mol. The molecule has 1 aliphatic heterocycles. The summed E-state index contributed by atoms with van der Waals surface area (Å²) in [7, 11) is 0. The van der Waals surface area contributed by atoms with E-state index in [1.54, 1.807) is 0 Å². The van der Waals surface area contributed by atoms with E-state index in [2.05, 4.69) is 15.6 Å². The van der Waals surface area contributed by atoms with Crippen LogP contribution in [0, 0.1) is 5.92 Å². The predicted molar refractivity (Wildman–Crippen MR) is 69.2 cm³/mol. The van der Waals surface area contributed by atoms with Crippen LogP contribution in [0.4, 0.5) is 0 Å². The molecule has 0 atom stereocenters. The Hall–Kier alpha value is -1.43. The fourth-order valence-corrected chi connectivity index (χ4v) is 2.85. The molecule has 1 saturated carbocycles. The average Bonchev–Trinajstić information content (AvgIpc) is 3.15. The summed E-state index contributed by atoms with van der Waals surface area (Å²) in [6, 6.07) is 0. The number of hydrogen-bond acceptors (Lipinski definition) is 4. The molecule has 0 bridgehead atoms. The highest BCUT2D eigenvalue weighted by atomic mass is 16.4. The fourth-order valence-electron chi connectivity index (χ4n) is 2.85. The Balaban J connectivity index is 1.82. The molecule has 2 aliphatic rings. The fraction of sp³-hybridized carbons (Fsp3) is 0.769. The number of carboxylic acids is 1. The van der Waals surface area contributed by atoms with Crippen molar-refractivity contribution in [2.24, 2.45) is 5.92 Å². The van der Waals surface area contributed by atoms with Gasteiger partial charge in [0.15, 0.2) is 5.69 Å². The zero-order valence-electron chi connectivity index (χ0n) is 11.0. The van der Waals surface area contributed by atoms with Gasteiger partial charge in [-0.2, -0.15) is 0 Å². The normalized spacial score (nSPS) is 20.6. The molecule has 6 nitrogen and oxygen atoms in total. The van der Waals surface area contributed by atoms with Crippen LogP contribution in [0.2, 0.25) is 0 Å². The second kappa shape index (κ2) is 5.28. The molecule has 0 unspecified atom stereocenters. The van der Waals surface area contributed by atoms with Gasteiger partial charge in [0.1, 0.15) is 0 Å². The molecule has 3 rings (SSSR count). The first-order valence-corrected chi connectivity index (χ1v) is 7.13. The first-order chi connectivity index (χ1) is 9.25. The highest BCUT2D eigenvalue weighted by molar-refractivity contribution is 5.86. The molecule has 2 N–H and O–H groups in total. The maximum absolute atomic E-state index is 11.3. The van der Waals surface area contributed by atoms with Crippen LogP contribution in [0.15, 0.2) is 0 Å². The van der Waals surface area contributed by atoms with Gasteiger partial charge in [-0.05, 0) is 38.3 Å². The van der Waals surface area contributed by atoms with Crippen LogP contribution in [0.1, 0.15) is 54.2 Å². The third-order valence-corrected chi connectivity index (χ3v) is 4.15. The van der Waals surface area contributed by atoms with Gasteiger partial charge in [0.05, 0.1) is 5.69 Å². The maximum Gasteiger partial charge on any atom is 0.358 e. The van der Waals surface area contributed by atoms with Gasteiger partial charge in [-0.15, -0.1) is 5.10 Å². The Labute approximate surface area is 112 Å². The molecule has 104 valence electrons. The number of aromatic nitrogens is 3. The van der Waals surface area contributed by atoms with Crippen molar-refractivity contribution in [3.8, 4) is 0 Å². The van der Waals surface area contributed by atoms with Crippen molar-refractivity contribution in [1.29, 1.82) is 0 Å². The van der Waals surface area contributed by atoms with Crippen molar-refractivity contribution in [3.63, 3.8) is 0 Å². The summed E-state index contributed by atoms with van der Waals surface area (Å²) >= 11 is 0. The summed E-state index contributed by atoms with van der Waals surface area (Å²) in [5.41, 5.74) is 0.998. The van der Waals surface area contributed by atoms with Crippen LogP contribution in [0.5, 0.6) is 0 Å². The summed E-state index contributed by atoms with van der Waals surface area (Å²) < 4.78 is 1.84. The molecule has 2 heterocycles. The van der Waals surface area contributed by atoms with Crippen LogP contribution in [0.25, 0.3) is 0 Å². The number of aromatic carboxylic acids is 1. The third kappa shape index (κ3) is 2.78. The lowest BCUT2D eigenvalue weighted by atomic mass is 9.93. The van der Waals surface area contributed by atoms with E-state index in [0.717, 1.165) is 50.5 Å². The van der Waals surface area contributed by atoms with Crippen LogP contribution in [-0.4, -0.2) is 39.2 Å². The van der Waals surface area contributed by atoms with E-state index in [0.29, 0.717) is 0 Å². The number of piperidine rings is 1. The number of carboxylic acid groups (broad SMARTS) is 1. The van der Waals surface area contributed by atoms with Crippen LogP contribution in [0.3, 0.4) is 0 Å². The van der Waals surface area contributed by atoms with E-state index in [1.807, 2.05) is 4.68 Å². The summed E-state index contributed by atoms with van der Waals surface area (Å²) in [6.45, 7) is 2.69. The Morgan fingerprint density at radius 3 is 2.68 bits per heavy atom. The second-order valence-corrected chi connectivity index (χ2v) is 5.61. The van der Waals surface area contributed by atoms with E-state index in [1.165, 1.54) is 12.8 Å². The minimum absolute atomic E-state index is 0.155. The van der Waals surface area contributed by atoms with Crippen molar-refractivity contribution in [2.45, 2.75) is 44.6 Å². The molecular formula is C13H20N4O2. The molecule has 0 aromatic carbocycles. The van der Waals surface area contributed by atoms with E-state index in [4.69, 9.17) is 0 Å². The number of aryl methyl sites for hydroxylation is 1. The quantitative estimate of drug-likeness (QED) is 0.836. The van der Waals surface area contributed by atoms with Gasteiger partial charge in [0.25, 0.3) is 0 Å². The molecule has 0 spiro atoms. The SMILES string of the molecule is O=C(O)c1nnn(CCC2CC2)c1C1CCNCC1. The van der Waals surface area contributed by atoms with Gasteiger partial charge >= 0.3 is 5.97 Å². The number of nitrogens with zero attached hydrogens (tertiary/aromatic N) is 3. The smallest absolute Gasteiger partial charge is 0.358 e. The number of rotatable bonds is 5. The minimum atomic E-state index is -0.953. The van der Waals surface area contributed by atoms with Crippen LogP contribution in [-0.2, 0) is 6.54 Å². The average molecular weight is 264 g/mol. The number of hydrogen-bond donors (Lipinski definition) is 2. The Kier molecular flexibility index (Phi) is 3.50. The predicted octanol–water partition coefficient (Wildman–Crippen LogP) is 1.24. The molecule has 6 heteroatoms. The third-order valence-electron chi connectivity index (χ3n) is 4.15. The van der Waals surface area contributed by atoms with Crippen molar-refractivity contribution < 1.29 is 9.90 Å². The molecule has 1 aromatic heterocycles.